The van der Waals surface area contributed by atoms with Gasteiger partial charge in [0.1, 0.15) is 5.75 Å². The maximum absolute atomic E-state index is 12.5. The predicted octanol–water partition coefficient (Wildman–Crippen LogP) is 3.02. The van der Waals surface area contributed by atoms with Crippen LogP contribution < -0.4 is 4.74 Å². The number of hydrogen-bond donors (Lipinski definition) is 0. The summed E-state index contributed by atoms with van der Waals surface area (Å²) in [7, 11) is 0. The van der Waals surface area contributed by atoms with Gasteiger partial charge in [-0.3, -0.25) is 9.59 Å². The molecule has 5 nitrogen and oxygen atoms in total. The molecule has 1 aromatic carbocycles. The van der Waals surface area contributed by atoms with Crippen LogP contribution in [0.15, 0.2) is 24.3 Å². The summed E-state index contributed by atoms with van der Waals surface area (Å²) in [4.78, 5) is 28.0. The molecule has 2 aliphatic heterocycles. The quantitative estimate of drug-likeness (QED) is 0.753. The molecule has 2 saturated heterocycles. The van der Waals surface area contributed by atoms with Crippen molar-refractivity contribution in [2.24, 2.45) is 5.92 Å². The van der Waals surface area contributed by atoms with E-state index in [4.69, 9.17) is 4.74 Å². The Bertz CT molecular complexity index is 614. The van der Waals surface area contributed by atoms with Crippen molar-refractivity contribution in [1.82, 2.24) is 9.80 Å². The molecule has 1 aromatic rings. The van der Waals surface area contributed by atoms with Crippen molar-refractivity contribution in [3.63, 3.8) is 0 Å². The van der Waals surface area contributed by atoms with Crippen molar-refractivity contribution in [2.75, 3.05) is 32.8 Å². The molecule has 26 heavy (non-hydrogen) atoms. The van der Waals surface area contributed by atoms with Gasteiger partial charge in [-0.2, -0.15) is 0 Å². The van der Waals surface area contributed by atoms with E-state index in [2.05, 4.69) is 19.1 Å². The van der Waals surface area contributed by atoms with Gasteiger partial charge in [-0.15, -0.1) is 0 Å². The summed E-state index contributed by atoms with van der Waals surface area (Å²) in [6, 6.07) is 8.11. The standard InChI is InChI=1S/C21H30N2O3/c1-17-8-10-19(11-9-17)26-16-18-5-2-14-23(15-18)21(25)7-4-13-22-12-3-6-20(22)24/h8-11,18H,2-7,12-16H2,1H3/t18-/m0/s1. The molecule has 0 spiro atoms. The zero-order valence-corrected chi connectivity index (χ0v) is 15.8. The number of carbonyl (C=O) groups excluding carboxylic acids is 2. The van der Waals surface area contributed by atoms with Gasteiger partial charge in [0.25, 0.3) is 0 Å². The molecule has 0 aromatic heterocycles. The van der Waals surface area contributed by atoms with E-state index in [1.54, 1.807) is 0 Å². The Labute approximate surface area is 156 Å². The molecular weight excluding hydrogens is 328 g/mol. The lowest BCUT2D eigenvalue weighted by Gasteiger charge is -2.33. The minimum Gasteiger partial charge on any atom is -0.493 e. The number of nitrogens with zero attached hydrogens (tertiary/aromatic N) is 2. The highest BCUT2D eigenvalue weighted by molar-refractivity contribution is 5.78. The van der Waals surface area contributed by atoms with Crippen LogP contribution in [-0.2, 0) is 9.59 Å². The topological polar surface area (TPSA) is 49.9 Å². The Morgan fingerprint density at radius 2 is 2.00 bits per heavy atom. The fourth-order valence-corrected chi connectivity index (χ4v) is 3.80. The third-order valence-electron chi connectivity index (χ3n) is 5.37. The van der Waals surface area contributed by atoms with Crippen LogP contribution in [-0.4, -0.2) is 54.4 Å². The molecular formula is C21H30N2O3. The van der Waals surface area contributed by atoms with Crippen LogP contribution in [0.5, 0.6) is 5.75 Å². The van der Waals surface area contributed by atoms with E-state index in [0.717, 1.165) is 57.6 Å². The van der Waals surface area contributed by atoms with E-state index in [1.807, 2.05) is 21.9 Å². The maximum Gasteiger partial charge on any atom is 0.222 e. The molecule has 3 rings (SSSR count). The van der Waals surface area contributed by atoms with Crippen molar-refractivity contribution >= 4 is 11.8 Å². The number of likely N-dealkylation sites (tertiary alicyclic amines) is 2. The molecule has 5 heteroatoms. The van der Waals surface area contributed by atoms with Crippen LogP contribution in [0, 0.1) is 12.8 Å². The number of hydrogen-bond acceptors (Lipinski definition) is 3. The van der Waals surface area contributed by atoms with Gasteiger partial charge < -0.3 is 14.5 Å². The fourth-order valence-electron chi connectivity index (χ4n) is 3.80. The van der Waals surface area contributed by atoms with E-state index < -0.39 is 0 Å². The second-order valence-electron chi connectivity index (χ2n) is 7.56. The summed E-state index contributed by atoms with van der Waals surface area (Å²) in [6.07, 6.45) is 5.08. The minimum atomic E-state index is 0.219. The number of ether oxygens (including phenoxy) is 1. The molecule has 1 atom stereocenters. The lowest BCUT2D eigenvalue weighted by Crippen LogP contribution is -2.41. The van der Waals surface area contributed by atoms with E-state index >= 15 is 0 Å². The first-order valence-electron chi connectivity index (χ1n) is 9.87. The average molecular weight is 358 g/mol. The number of piperidine rings is 1. The van der Waals surface area contributed by atoms with Crippen molar-refractivity contribution in [2.45, 2.75) is 45.4 Å². The third kappa shape index (κ3) is 5.23. The number of aryl methyl sites for hydroxylation is 1. The van der Waals surface area contributed by atoms with Gasteiger partial charge in [0.05, 0.1) is 6.61 Å². The van der Waals surface area contributed by atoms with Gasteiger partial charge in [0, 0.05) is 44.9 Å². The van der Waals surface area contributed by atoms with Crippen molar-refractivity contribution in [1.29, 1.82) is 0 Å². The zero-order valence-electron chi connectivity index (χ0n) is 15.8. The van der Waals surface area contributed by atoms with Crippen LogP contribution >= 0.6 is 0 Å². The summed E-state index contributed by atoms with van der Waals surface area (Å²) in [5.74, 6) is 1.75. The molecule has 0 saturated carbocycles. The SMILES string of the molecule is Cc1ccc(OC[C@H]2CCCN(C(=O)CCCN3CCCC3=O)C2)cc1. The second kappa shape index (κ2) is 9.06. The Balaban J connectivity index is 1.38. The smallest absolute Gasteiger partial charge is 0.222 e. The van der Waals surface area contributed by atoms with Gasteiger partial charge in [-0.1, -0.05) is 17.7 Å². The molecule has 0 aliphatic carbocycles. The van der Waals surface area contributed by atoms with Crippen LogP contribution in [0.4, 0.5) is 0 Å². The maximum atomic E-state index is 12.5. The molecule has 2 heterocycles. The summed E-state index contributed by atoms with van der Waals surface area (Å²) in [5, 5.41) is 0. The highest BCUT2D eigenvalue weighted by Gasteiger charge is 2.25. The van der Waals surface area contributed by atoms with Crippen molar-refractivity contribution < 1.29 is 14.3 Å². The van der Waals surface area contributed by atoms with E-state index in [9.17, 15) is 9.59 Å². The van der Waals surface area contributed by atoms with Crippen molar-refractivity contribution in [3.8, 4) is 5.75 Å². The molecule has 2 fully saturated rings. The lowest BCUT2D eigenvalue weighted by molar-refractivity contribution is -0.134. The molecule has 0 N–H and O–H groups in total. The van der Waals surface area contributed by atoms with Crippen LogP contribution in [0.3, 0.4) is 0 Å². The van der Waals surface area contributed by atoms with E-state index in [1.165, 1.54) is 5.56 Å². The molecule has 2 aliphatic rings. The average Bonchev–Trinajstić information content (AvgIpc) is 3.06. The molecule has 0 unspecified atom stereocenters. The summed E-state index contributed by atoms with van der Waals surface area (Å²) >= 11 is 0. The Hall–Kier alpha value is -2.04. The van der Waals surface area contributed by atoms with Gasteiger partial charge in [0.15, 0.2) is 0 Å². The zero-order chi connectivity index (χ0) is 18.4. The van der Waals surface area contributed by atoms with E-state index in [-0.39, 0.29) is 11.8 Å². The molecule has 142 valence electrons. The predicted molar refractivity (Wildman–Crippen MR) is 101 cm³/mol. The summed E-state index contributed by atoms with van der Waals surface area (Å²) in [5.41, 5.74) is 1.22. The molecule has 2 amide bonds. The van der Waals surface area contributed by atoms with Gasteiger partial charge in [-0.25, -0.2) is 0 Å². The van der Waals surface area contributed by atoms with Gasteiger partial charge in [0.2, 0.25) is 11.8 Å². The number of benzene rings is 1. The largest absolute Gasteiger partial charge is 0.493 e. The highest BCUT2D eigenvalue weighted by atomic mass is 16.5. The lowest BCUT2D eigenvalue weighted by atomic mass is 9.98. The summed E-state index contributed by atoms with van der Waals surface area (Å²) in [6.45, 7) is 5.94. The van der Waals surface area contributed by atoms with Gasteiger partial charge in [-0.05, 0) is 44.7 Å². The molecule has 0 radical (unpaired) electrons. The normalized spacial score (nSPS) is 20.5. The minimum absolute atomic E-state index is 0.219. The van der Waals surface area contributed by atoms with E-state index in [0.29, 0.717) is 25.4 Å². The Morgan fingerprint density at radius 3 is 2.73 bits per heavy atom. The first-order valence-corrected chi connectivity index (χ1v) is 9.87. The highest BCUT2D eigenvalue weighted by Crippen LogP contribution is 2.20. The number of carbonyl (C=O) groups is 2. The Kier molecular flexibility index (Phi) is 6.53. The first-order chi connectivity index (χ1) is 12.6. The van der Waals surface area contributed by atoms with Gasteiger partial charge >= 0.3 is 0 Å². The summed E-state index contributed by atoms with van der Waals surface area (Å²) < 4.78 is 5.91. The van der Waals surface area contributed by atoms with Crippen LogP contribution in [0.25, 0.3) is 0 Å². The van der Waals surface area contributed by atoms with Crippen LogP contribution in [0.1, 0.15) is 44.1 Å². The third-order valence-corrected chi connectivity index (χ3v) is 5.37. The number of rotatable bonds is 7. The monoisotopic (exact) mass is 358 g/mol. The first kappa shape index (κ1) is 18.7. The fraction of sp³-hybridized carbons (Fsp3) is 0.619. The van der Waals surface area contributed by atoms with Crippen LogP contribution in [0.2, 0.25) is 0 Å². The van der Waals surface area contributed by atoms with Crippen molar-refractivity contribution in [3.05, 3.63) is 29.8 Å². The number of amides is 2. The second-order valence-corrected chi connectivity index (χ2v) is 7.56. The Morgan fingerprint density at radius 1 is 1.19 bits per heavy atom. The molecule has 0 bridgehead atoms.